The Balaban J connectivity index is 1.62. The van der Waals surface area contributed by atoms with Crippen LogP contribution in [0.15, 0.2) is 103 Å². The van der Waals surface area contributed by atoms with Crippen LogP contribution < -0.4 is 0 Å². The first kappa shape index (κ1) is 19.4. The topological polar surface area (TPSA) is 43.6 Å². The molecule has 0 atom stereocenters. The molecule has 4 nitrogen and oxygen atoms in total. The summed E-state index contributed by atoms with van der Waals surface area (Å²) >= 11 is 0. The molecule has 4 aromatic carbocycles. The average Bonchev–Trinajstić information content (AvgIpc) is 3.27. The van der Waals surface area contributed by atoms with E-state index >= 15 is 0 Å². The van der Waals surface area contributed by atoms with Crippen LogP contribution in [-0.2, 0) is 6.42 Å². The molecule has 158 valence electrons. The second-order valence-corrected chi connectivity index (χ2v) is 8.06. The van der Waals surface area contributed by atoms with E-state index in [9.17, 15) is 0 Å². The molecule has 0 aliphatic carbocycles. The van der Waals surface area contributed by atoms with Crippen LogP contribution in [0.1, 0.15) is 12.7 Å². The number of benzene rings is 4. The van der Waals surface area contributed by atoms with E-state index in [0.29, 0.717) is 0 Å². The van der Waals surface area contributed by atoms with Crippen molar-refractivity contribution < 1.29 is 0 Å². The smallest absolute Gasteiger partial charge is 0.114 e. The number of rotatable bonds is 4. The summed E-state index contributed by atoms with van der Waals surface area (Å²) in [7, 11) is 0. The molecule has 0 radical (unpaired) electrons. The van der Waals surface area contributed by atoms with E-state index in [1.165, 1.54) is 5.39 Å². The van der Waals surface area contributed by atoms with Gasteiger partial charge in [0.2, 0.25) is 0 Å². The van der Waals surface area contributed by atoms with E-state index in [-0.39, 0.29) is 0 Å². The minimum atomic E-state index is 0.833. The van der Waals surface area contributed by atoms with Crippen LogP contribution in [-0.4, -0.2) is 19.7 Å². The first-order valence-electron chi connectivity index (χ1n) is 11.2. The van der Waals surface area contributed by atoms with Crippen molar-refractivity contribution in [1.29, 1.82) is 0 Å². The van der Waals surface area contributed by atoms with Gasteiger partial charge in [-0.2, -0.15) is 0 Å². The van der Waals surface area contributed by atoms with Crippen molar-refractivity contribution in [2.24, 2.45) is 0 Å². The van der Waals surface area contributed by atoms with Crippen molar-refractivity contribution in [3.8, 4) is 28.2 Å². The number of hydrogen-bond donors (Lipinski definition) is 0. The molecule has 0 bridgehead atoms. The minimum Gasteiger partial charge on any atom is -0.296 e. The van der Waals surface area contributed by atoms with Crippen molar-refractivity contribution in [2.45, 2.75) is 13.3 Å². The first-order chi connectivity index (χ1) is 16.3. The van der Waals surface area contributed by atoms with E-state index in [4.69, 9.17) is 10.1 Å². The van der Waals surface area contributed by atoms with Crippen LogP contribution in [0.5, 0.6) is 0 Å². The molecule has 0 fully saturated rings. The SMILES string of the molecule is CCc1nc2ccccc2n1-c1ccc2ccccc2c1-c1ccc(-c2ccccc2)nn1. The number of imidazole rings is 1. The van der Waals surface area contributed by atoms with E-state index in [0.717, 1.165) is 56.9 Å². The molecule has 0 spiro atoms. The number of nitrogens with zero attached hydrogens (tertiary/aromatic N) is 4. The van der Waals surface area contributed by atoms with Gasteiger partial charge in [0, 0.05) is 17.5 Å². The van der Waals surface area contributed by atoms with Crippen LogP contribution in [0.25, 0.3) is 50.0 Å². The highest BCUT2D eigenvalue weighted by Crippen LogP contribution is 2.36. The van der Waals surface area contributed by atoms with Crippen molar-refractivity contribution in [2.75, 3.05) is 0 Å². The number of para-hydroxylation sites is 2. The monoisotopic (exact) mass is 426 g/mol. The highest BCUT2D eigenvalue weighted by molar-refractivity contribution is 6.00. The standard InChI is InChI=1S/C29H22N4/c1-2-28-30-24-14-8-9-15-26(24)33(28)27-19-16-20-10-6-7-13-22(20)29(27)25-18-17-23(31-32-25)21-11-4-3-5-12-21/h3-19H,2H2,1H3. The Morgan fingerprint density at radius 2 is 1.39 bits per heavy atom. The fraction of sp³-hybridized carbons (Fsp3) is 0.0690. The third-order valence-electron chi connectivity index (χ3n) is 6.08. The summed E-state index contributed by atoms with van der Waals surface area (Å²) in [6, 6.07) is 35.4. The first-order valence-corrected chi connectivity index (χ1v) is 11.2. The predicted molar refractivity (Wildman–Crippen MR) is 134 cm³/mol. The highest BCUT2D eigenvalue weighted by Gasteiger charge is 2.18. The number of fused-ring (bicyclic) bond motifs is 2. The molecule has 33 heavy (non-hydrogen) atoms. The molecule has 0 saturated heterocycles. The normalized spacial score (nSPS) is 11.3. The molecule has 0 N–H and O–H groups in total. The number of hydrogen-bond acceptors (Lipinski definition) is 3. The van der Waals surface area contributed by atoms with Crippen LogP contribution >= 0.6 is 0 Å². The van der Waals surface area contributed by atoms with Crippen molar-refractivity contribution in [3.05, 3.63) is 109 Å². The molecule has 6 aromatic rings. The van der Waals surface area contributed by atoms with Crippen LogP contribution in [0.3, 0.4) is 0 Å². The van der Waals surface area contributed by atoms with Crippen LogP contribution in [0.4, 0.5) is 0 Å². The Hall–Kier alpha value is -4.31. The number of aromatic nitrogens is 4. The Bertz CT molecular complexity index is 1580. The molecule has 4 heteroatoms. The molecule has 0 aliphatic rings. The fourth-order valence-corrected chi connectivity index (χ4v) is 4.53. The highest BCUT2D eigenvalue weighted by atomic mass is 15.1. The fourth-order valence-electron chi connectivity index (χ4n) is 4.53. The second-order valence-electron chi connectivity index (χ2n) is 8.06. The van der Waals surface area contributed by atoms with Gasteiger partial charge in [-0.15, -0.1) is 10.2 Å². The van der Waals surface area contributed by atoms with E-state index in [1.807, 2.05) is 24.3 Å². The maximum absolute atomic E-state index is 4.90. The van der Waals surface area contributed by atoms with Crippen LogP contribution in [0.2, 0.25) is 0 Å². The zero-order valence-corrected chi connectivity index (χ0v) is 18.3. The second kappa shape index (κ2) is 7.99. The Kier molecular flexibility index (Phi) is 4.69. The summed E-state index contributed by atoms with van der Waals surface area (Å²) in [5, 5.41) is 11.6. The van der Waals surface area contributed by atoms with E-state index < -0.39 is 0 Å². The quantitative estimate of drug-likeness (QED) is 0.309. The van der Waals surface area contributed by atoms with Gasteiger partial charge in [-0.25, -0.2) is 4.98 Å². The van der Waals surface area contributed by atoms with Gasteiger partial charge in [-0.3, -0.25) is 4.57 Å². The third kappa shape index (κ3) is 3.28. The maximum Gasteiger partial charge on any atom is 0.114 e. The van der Waals surface area contributed by atoms with Gasteiger partial charge in [0.1, 0.15) is 5.82 Å². The summed E-state index contributed by atoms with van der Waals surface area (Å²) in [5.74, 6) is 1.03. The lowest BCUT2D eigenvalue weighted by Crippen LogP contribution is -2.04. The Morgan fingerprint density at radius 3 is 2.21 bits per heavy atom. The predicted octanol–water partition coefficient (Wildman–Crippen LogP) is 6.87. The largest absolute Gasteiger partial charge is 0.296 e. The van der Waals surface area contributed by atoms with Gasteiger partial charge in [0.15, 0.2) is 0 Å². The van der Waals surface area contributed by atoms with E-state index in [1.54, 1.807) is 0 Å². The maximum atomic E-state index is 4.90. The Labute approximate surface area is 192 Å². The van der Waals surface area contributed by atoms with Gasteiger partial charge < -0.3 is 0 Å². The minimum absolute atomic E-state index is 0.833. The summed E-state index contributed by atoms with van der Waals surface area (Å²) in [4.78, 5) is 4.90. The summed E-state index contributed by atoms with van der Waals surface area (Å²) in [6.45, 7) is 2.15. The van der Waals surface area contributed by atoms with Gasteiger partial charge in [0.05, 0.1) is 28.1 Å². The number of aryl methyl sites for hydroxylation is 1. The molecular weight excluding hydrogens is 404 g/mol. The molecule has 0 aliphatic heterocycles. The summed E-state index contributed by atoms with van der Waals surface area (Å²) in [5.41, 5.74) is 7.01. The lowest BCUT2D eigenvalue weighted by atomic mass is 9.99. The summed E-state index contributed by atoms with van der Waals surface area (Å²) in [6.07, 6.45) is 0.833. The van der Waals surface area contributed by atoms with Crippen molar-refractivity contribution >= 4 is 21.8 Å². The van der Waals surface area contributed by atoms with E-state index in [2.05, 4.69) is 95.5 Å². The van der Waals surface area contributed by atoms with Gasteiger partial charge >= 0.3 is 0 Å². The lowest BCUT2D eigenvalue weighted by molar-refractivity contribution is 0.908. The lowest BCUT2D eigenvalue weighted by Gasteiger charge is -2.16. The molecule has 6 rings (SSSR count). The van der Waals surface area contributed by atoms with Crippen molar-refractivity contribution in [3.63, 3.8) is 0 Å². The van der Waals surface area contributed by atoms with Crippen LogP contribution in [0, 0.1) is 0 Å². The molecular formula is C29H22N4. The molecule has 0 amide bonds. The molecule has 2 heterocycles. The third-order valence-corrected chi connectivity index (χ3v) is 6.08. The average molecular weight is 427 g/mol. The van der Waals surface area contributed by atoms with Gasteiger partial charge in [-0.1, -0.05) is 79.7 Å². The molecule has 2 aromatic heterocycles. The molecule has 0 saturated carbocycles. The zero-order chi connectivity index (χ0) is 22.2. The summed E-state index contributed by atoms with van der Waals surface area (Å²) < 4.78 is 2.27. The Morgan fingerprint density at radius 1 is 0.667 bits per heavy atom. The van der Waals surface area contributed by atoms with Crippen molar-refractivity contribution in [1.82, 2.24) is 19.7 Å². The van der Waals surface area contributed by atoms with Gasteiger partial charge in [-0.05, 0) is 41.1 Å². The van der Waals surface area contributed by atoms with Gasteiger partial charge in [0.25, 0.3) is 0 Å². The zero-order valence-electron chi connectivity index (χ0n) is 18.3. The molecule has 0 unspecified atom stereocenters.